The van der Waals surface area contributed by atoms with E-state index in [-0.39, 0.29) is 0 Å². The lowest BCUT2D eigenvalue weighted by atomic mass is 9.65. The summed E-state index contributed by atoms with van der Waals surface area (Å²) in [6.07, 6.45) is 9.29. The molecule has 2 saturated carbocycles. The summed E-state index contributed by atoms with van der Waals surface area (Å²) < 4.78 is 0. The summed E-state index contributed by atoms with van der Waals surface area (Å²) in [4.78, 5) is 0. The second kappa shape index (κ2) is 4.68. The summed E-state index contributed by atoms with van der Waals surface area (Å²) >= 11 is 0. The normalized spacial score (nSPS) is 50.2. The van der Waals surface area contributed by atoms with Crippen LogP contribution < -0.4 is 0 Å². The Bertz CT molecular complexity index is 226. The Morgan fingerprint density at radius 3 is 2.00 bits per heavy atom. The van der Waals surface area contributed by atoms with Crippen molar-refractivity contribution in [1.29, 1.82) is 0 Å². The zero-order valence-corrected chi connectivity index (χ0v) is 11.2. The van der Waals surface area contributed by atoms with Crippen LogP contribution >= 0.6 is 0 Å². The summed E-state index contributed by atoms with van der Waals surface area (Å²) in [5.74, 6) is 3.15. The van der Waals surface area contributed by atoms with Crippen LogP contribution in [0.4, 0.5) is 0 Å². The molecular formula is C15H28O. The lowest BCUT2D eigenvalue weighted by molar-refractivity contribution is -0.0574. The molecule has 3 atom stereocenters. The van der Waals surface area contributed by atoms with Crippen LogP contribution in [0.2, 0.25) is 0 Å². The fourth-order valence-corrected chi connectivity index (χ4v) is 3.77. The first-order valence-electron chi connectivity index (χ1n) is 7.21. The van der Waals surface area contributed by atoms with Gasteiger partial charge in [0.1, 0.15) is 0 Å². The second-order valence-corrected chi connectivity index (χ2v) is 6.82. The molecule has 1 N–H and O–H groups in total. The molecule has 3 unspecified atom stereocenters. The van der Waals surface area contributed by atoms with Gasteiger partial charge in [-0.3, -0.25) is 0 Å². The van der Waals surface area contributed by atoms with E-state index in [0.29, 0.717) is 5.92 Å². The molecule has 0 radical (unpaired) electrons. The topological polar surface area (TPSA) is 20.2 Å². The summed E-state index contributed by atoms with van der Waals surface area (Å²) in [7, 11) is 0. The highest BCUT2D eigenvalue weighted by Gasteiger charge is 2.39. The van der Waals surface area contributed by atoms with Gasteiger partial charge in [-0.05, 0) is 62.7 Å². The van der Waals surface area contributed by atoms with Gasteiger partial charge in [0.05, 0.1) is 5.60 Å². The highest BCUT2D eigenvalue weighted by atomic mass is 16.3. The molecule has 1 nitrogen and oxygen atoms in total. The van der Waals surface area contributed by atoms with Crippen LogP contribution in [-0.4, -0.2) is 10.7 Å². The molecule has 0 aliphatic heterocycles. The number of rotatable bonds is 1. The van der Waals surface area contributed by atoms with Gasteiger partial charge in [0.15, 0.2) is 0 Å². The van der Waals surface area contributed by atoms with Crippen molar-refractivity contribution in [3.05, 3.63) is 0 Å². The van der Waals surface area contributed by atoms with Crippen molar-refractivity contribution in [2.75, 3.05) is 0 Å². The van der Waals surface area contributed by atoms with E-state index in [1.165, 1.54) is 38.5 Å². The minimum Gasteiger partial charge on any atom is -0.390 e. The lowest BCUT2D eigenvalue weighted by Gasteiger charge is -2.43. The molecule has 16 heavy (non-hydrogen) atoms. The monoisotopic (exact) mass is 224 g/mol. The predicted octanol–water partition coefficient (Wildman–Crippen LogP) is 4.00. The Morgan fingerprint density at radius 2 is 1.44 bits per heavy atom. The molecule has 2 aliphatic carbocycles. The highest BCUT2D eigenvalue weighted by Crippen LogP contribution is 2.44. The van der Waals surface area contributed by atoms with E-state index in [0.717, 1.165) is 24.2 Å². The lowest BCUT2D eigenvalue weighted by Crippen LogP contribution is -2.41. The van der Waals surface area contributed by atoms with Crippen molar-refractivity contribution in [1.82, 2.24) is 0 Å². The van der Waals surface area contributed by atoms with Gasteiger partial charge in [-0.1, -0.05) is 26.7 Å². The zero-order valence-electron chi connectivity index (χ0n) is 11.2. The Kier molecular flexibility index (Phi) is 3.63. The Hall–Kier alpha value is -0.0400. The number of hydrogen-bond donors (Lipinski definition) is 1. The van der Waals surface area contributed by atoms with Gasteiger partial charge in [-0.2, -0.15) is 0 Å². The van der Waals surface area contributed by atoms with Crippen molar-refractivity contribution >= 4 is 0 Å². The molecular weight excluding hydrogens is 196 g/mol. The molecule has 2 aliphatic rings. The van der Waals surface area contributed by atoms with Crippen LogP contribution in [0.15, 0.2) is 0 Å². The largest absolute Gasteiger partial charge is 0.390 e. The van der Waals surface area contributed by atoms with E-state index in [1.807, 2.05) is 0 Å². The van der Waals surface area contributed by atoms with Crippen molar-refractivity contribution in [3.8, 4) is 0 Å². The molecule has 2 rings (SSSR count). The van der Waals surface area contributed by atoms with Crippen LogP contribution in [0, 0.1) is 23.7 Å². The maximum atomic E-state index is 10.4. The van der Waals surface area contributed by atoms with Gasteiger partial charge in [0.25, 0.3) is 0 Å². The predicted molar refractivity (Wildman–Crippen MR) is 68.3 cm³/mol. The molecule has 0 spiro atoms. The zero-order chi connectivity index (χ0) is 11.8. The van der Waals surface area contributed by atoms with Crippen LogP contribution in [0.5, 0.6) is 0 Å². The van der Waals surface area contributed by atoms with E-state index in [4.69, 9.17) is 0 Å². The van der Waals surface area contributed by atoms with Gasteiger partial charge in [0, 0.05) is 0 Å². The minimum atomic E-state index is -0.397. The molecule has 0 aromatic rings. The summed E-state index contributed by atoms with van der Waals surface area (Å²) in [5.41, 5.74) is -0.397. The third kappa shape index (κ3) is 2.61. The van der Waals surface area contributed by atoms with Gasteiger partial charge < -0.3 is 5.11 Å². The minimum absolute atomic E-state index is 0.397. The SMILES string of the molecule is CC1CCC(C2CCC(C)C(C)(O)C2)CC1. The van der Waals surface area contributed by atoms with E-state index in [1.54, 1.807) is 0 Å². The quantitative estimate of drug-likeness (QED) is 0.714. The fourth-order valence-electron chi connectivity index (χ4n) is 3.77. The molecule has 1 heteroatoms. The number of hydrogen-bond acceptors (Lipinski definition) is 1. The van der Waals surface area contributed by atoms with E-state index in [9.17, 15) is 5.11 Å². The van der Waals surface area contributed by atoms with Crippen LogP contribution in [-0.2, 0) is 0 Å². The first kappa shape index (κ1) is 12.4. The fraction of sp³-hybridized carbons (Fsp3) is 1.00. The van der Waals surface area contributed by atoms with Crippen LogP contribution in [0.25, 0.3) is 0 Å². The highest BCUT2D eigenvalue weighted by molar-refractivity contribution is 4.90. The number of aliphatic hydroxyl groups is 1. The first-order valence-corrected chi connectivity index (χ1v) is 7.21. The maximum absolute atomic E-state index is 10.4. The van der Waals surface area contributed by atoms with Gasteiger partial charge in [-0.25, -0.2) is 0 Å². The average molecular weight is 224 g/mol. The van der Waals surface area contributed by atoms with Gasteiger partial charge in [-0.15, -0.1) is 0 Å². The van der Waals surface area contributed by atoms with Crippen molar-refractivity contribution in [2.45, 2.75) is 71.3 Å². The molecule has 0 aromatic heterocycles. The molecule has 0 saturated heterocycles. The molecule has 94 valence electrons. The van der Waals surface area contributed by atoms with E-state index >= 15 is 0 Å². The van der Waals surface area contributed by atoms with Crippen molar-refractivity contribution in [3.63, 3.8) is 0 Å². The van der Waals surface area contributed by atoms with Crippen molar-refractivity contribution in [2.24, 2.45) is 23.7 Å². The van der Waals surface area contributed by atoms with Gasteiger partial charge >= 0.3 is 0 Å². The third-order valence-electron chi connectivity index (χ3n) is 5.43. The third-order valence-corrected chi connectivity index (χ3v) is 5.43. The smallest absolute Gasteiger partial charge is 0.0647 e. The Balaban J connectivity index is 1.91. The maximum Gasteiger partial charge on any atom is 0.0647 e. The van der Waals surface area contributed by atoms with Crippen LogP contribution in [0.3, 0.4) is 0 Å². The van der Waals surface area contributed by atoms with Crippen molar-refractivity contribution < 1.29 is 5.11 Å². The summed E-state index contributed by atoms with van der Waals surface area (Å²) in [6.45, 7) is 6.64. The first-order chi connectivity index (χ1) is 7.49. The second-order valence-electron chi connectivity index (χ2n) is 6.82. The summed E-state index contributed by atoms with van der Waals surface area (Å²) in [5, 5.41) is 10.4. The van der Waals surface area contributed by atoms with Gasteiger partial charge in [0.2, 0.25) is 0 Å². The Morgan fingerprint density at radius 1 is 0.875 bits per heavy atom. The van der Waals surface area contributed by atoms with E-state index < -0.39 is 5.60 Å². The molecule has 0 bridgehead atoms. The molecule has 0 amide bonds. The molecule has 0 heterocycles. The standard InChI is InChI=1S/C15H28O/c1-11-4-7-13(8-5-11)14-9-6-12(2)15(3,16)10-14/h11-14,16H,4-10H2,1-3H3. The van der Waals surface area contributed by atoms with Crippen LogP contribution in [0.1, 0.15) is 65.7 Å². The summed E-state index contributed by atoms with van der Waals surface area (Å²) in [6, 6.07) is 0. The molecule has 2 fully saturated rings. The average Bonchev–Trinajstić information content (AvgIpc) is 2.23. The van der Waals surface area contributed by atoms with E-state index in [2.05, 4.69) is 20.8 Å². The molecule has 0 aromatic carbocycles. The Labute approximate surface area is 101 Å².